The summed E-state index contributed by atoms with van der Waals surface area (Å²) >= 11 is 0. The summed E-state index contributed by atoms with van der Waals surface area (Å²) in [4.78, 5) is 0. The fourth-order valence-corrected chi connectivity index (χ4v) is 1.67. The van der Waals surface area contributed by atoms with Gasteiger partial charge < -0.3 is 5.11 Å². The molecule has 0 heterocycles. The van der Waals surface area contributed by atoms with E-state index in [1.54, 1.807) is 0 Å². The first kappa shape index (κ1) is 8.06. The summed E-state index contributed by atoms with van der Waals surface area (Å²) in [6.45, 7) is 2.19. The van der Waals surface area contributed by atoms with Gasteiger partial charge in [-0.05, 0) is 38.0 Å². The van der Waals surface area contributed by atoms with Gasteiger partial charge in [-0.3, -0.25) is 0 Å². The van der Waals surface area contributed by atoms with Gasteiger partial charge in [-0.1, -0.05) is 13.3 Å². The van der Waals surface area contributed by atoms with Crippen molar-refractivity contribution < 1.29 is 5.11 Å². The summed E-state index contributed by atoms with van der Waals surface area (Å²) < 4.78 is 0. The van der Waals surface area contributed by atoms with E-state index in [-0.39, 0.29) is 6.10 Å². The normalized spacial score (nSPS) is 34.2. The molecule has 10 heavy (non-hydrogen) atoms. The van der Waals surface area contributed by atoms with Crippen LogP contribution in [0.4, 0.5) is 0 Å². The second kappa shape index (κ2) is 3.97. The monoisotopic (exact) mass is 141 g/mol. The molecule has 1 aliphatic carbocycles. The van der Waals surface area contributed by atoms with Gasteiger partial charge in [0.2, 0.25) is 0 Å². The van der Waals surface area contributed by atoms with E-state index in [0.29, 0.717) is 0 Å². The topological polar surface area (TPSA) is 20.2 Å². The SMILES string of the molecule is CC[CH]C1CCC(O)CC1. The largest absolute Gasteiger partial charge is 0.393 e. The van der Waals surface area contributed by atoms with Crippen molar-refractivity contribution in [3.8, 4) is 0 Å². The Morgan fingerprint density at radius 2 is 1.90 bits per heavy atom. The number of aliphatic hydroxyl groups is 1. The molecule has 1 radical (unpaired) electrons. The van der Waals surface area contributed by atoms with E-state index in [4.69, 9.17) is 0 Å². The highest BCUT2D eigenvalue weighted by Gasteiger charge is 2.17. The van der Waals surface area contributed by atoms with Gasteiger partial charge in [-0.15, -0.1) is 0 Å². The fourth-order valence-electron chi connectivity index (χ4n) is 1.67. The zero-order valence-electron chi connectivity index (χ0n) is 6.71. The molecule has 59 valence electrons. The van der Waals surface area contributed by atoms with Crippen molar-refractivity contribution >= 4 is 0 Å². The molecule has 0 aliphatic heterocycles. The molecule has 1 saturated carbocycles. The summed E-state index contributed by atoms with van der Waals surface area (Å²) in [5.74, 6) is 0.799. The van der Waals surface area contributed by atoms with Crippen LogP contribution in [-0.4, -0.2) is 11.2 Å². The lowest BCUT2D eigenvalue weighted by atomic mass is 9.85. The number of rotatable bonds is 2. The zero-order chi connectivity index (χ0) is 7.40. The molecule has 1 fully saturated rings. The van der Waals surface area contributed by atoms with Gasteiger partial charge in [-0.25, -0.2) is 0 Å². The summed E-state index contributed by atoms with van der Waals surface area (Å²) in [7, 11) is 0. The molecular formula is C9H17O. The Labute approximate surface area is 63.4 Å². The van der Waals surface area contributed by atoms with Crippen LogP contribution in [0.2, 0.25) is 0 Å². The lowest BCUT2D eigenvalue weighted by molar-refractivity contribution is 0.114. The second-order valence-electron chi connectivity index (χ2n) is 3.21. The molecule has 1 aliphatic rings. The Balaban J connectivity index is 2.13. The molecule has 1 heteroatoms. The summed E-state index contributed by atoms with van der Waals surface area (Å²) in [5, 5.41) is 9.18. The van der Waals surface area contributed by atoms with Crippen LogP contribution in [0, 0.1) is 12.3 Å². The quantitative estimate of drug-likeness (QED) is 0.624. The number of hydrogen-bond acceptors (Lipinski definition) is 1. The fraction of sp³-hybridized carbons (Fsp3) is 0.889. The predicted molar refractivity (Wildman–Crippen MR) is 42.6 cm³/mol. The highest BCUT2D eigenvalue weighted by Crippen LogP contribution is 2.26. The second-order valence-corrected chi connectivity index (χ2v) is 3.21. The maximum absolute atomic E-state index is 9.18. The lowest BCUT2D eigenvalue weighted by Crippen LogP contribution is -2.18. The molecule has 1 rings (SSSR count). The third kappa shape index (κ3) is 2.30. The van der Waals surface area contributed by atoms with Gasteiger partial charge >= 0.3 is 0 Å². The molecular weight excluding hydrogens is 124 g/mol. The number of hydrogen-bond donors (Lipinski definition) is 1. The van der Waals surface area contributed by atoms with Crippen molar-refractivity contribution in [2.45, 2.75) is 45.1 Å². The van der Waals surface area contributed by atoms with Crippen LogP contribution in [0.5, 0.6) is 0 Å². The van der Waals surface area contributed by atoms with Gasteiger partial charge in [0.15, 0.2) is 0 Å². The molecule has 1 nitrogen and oxygen atoms in total. The summed E-state index contributed by atoms with van der Waals surface area (Å²) in [6, 6.07) is 0. The van der Waals surface area contributed by atoms with E-state index < -0.39 is 0 Å². The van der Waals surface area contributed by atoms with Crippen LogP contribution in [-0.2, 0) is 0 Å². The molecule has 0 unspecified atom stereocenters. The van der Waals surface area contributed by atoms with Crippen molar-refractivity contribution in [3.63, 3.8) is 0 Å². The third-order valence-electron chi connectivity index (χ3n) is 2.31. The third-order valence-corrected chi connectivity index (χ3v) is 2.31. The molecule has 0 aromatic heterocycles. The highest BCUT2D eigenvalue weighted by atomic mass is 16.3. The van der Waals surface area contributed by atoms with E-state index in [2.05, 4.69) is 13.3 Å². The van der Waals surface area contributed by atoms with Crippen LogP contribution in [0.1, 0.15) is 39.0 Å². The minimum absolute atomic E-state index is 0.00139. The molecule has 0 amide bonds. The van der Waals surface area contributed by atoms with Crippen LogP contribution < -0.4 is 0 Å². The molecule has 0 bridgehead atoms. The highest BCUT2D eigenvalue weighted by molar-refractivity contribution is 4.80. The Bertz CT molecular complexity index is 82.7. The average Bonchev–Trinajstić information content (AvgIpc) is 1.95. The molecule has 0 atom stereocenters. The predicted octanol–water partition coefficient (Wildman–Crippen LogP) is 2.15. The minimum atomic E-state index is 0.00139. The van der Waals surface area contributed by atoms with Gasteiger partial charge in [0.25, 0.3) is 0 Å². The smallest absolute Gasteiger partial charge is 0.0540 e. The van der Waals surface area contributed by atoms with Crippen molar-refractivity contribution in [1.29, 1.82) is 0 Å². The Kier molecular flexibility index (Phi) is 3.20. The van der Waals surface area contributed by atoms with E-state index >= 15 is 0 Å². The number of aliphatic hydroxyl groups excluding tert-OH is 1. The van der Waals surface area contributed by atoms with Crippen LogP contribution in [0.25, 0.3) is 0 Å². The maximum Gasteiger partial charge on any atom is 0.0540 e. The first-order valence-corrected chi connectivity index (χ1v) is 4.34. The van der Waals surface area contributed by atoms with Gasteiger partial charge in [0.1, 0.15) is 0 Å². The Morgan fingerprint density at radius 1 is 1.30 bits per heavy atom. The first-order valence-electron chi connectivity index (χ1n) is 4.34. The summed E-state index contributed by atoms with van der Waals surface area (Å²) in [5.41, 5.74) is 0. The standard InChI is InChI=1S/C9H17O/c1-2-3-8-4-6-9(10)7-5-8/h3,8-10H,2,4-7H2,1H3. The van der Waals surface area contributed by atoms with Gasteiger partial charge in [-0.2, -0.15) is 0 Å². The molecule has 0 aromatic carbocycles. The zero-order valence-corrected chi connectivity index (χ0v) is 6.71. The van der Waals surface area contributed by atoms with Gasteiger partial charge in [0, 0.05) is 0 Å². The van der Waals surface area contributed by atoms with Gasteiger partial charge in [0.05, 0.1) is 6.10 Å². The molecule has 1 N–H and O–H groups in total. The van der Waals surface area contributed by atoms with Crippen molar-refractivity contribution in [1.82, 2.24) is 0 Å². The maximum atomic E-state index is 9.18. The Hall–Kier alpha value is -0.0400. The summed E-state index contributed by atoms with van der Waals surface area (Å²) in [6.07, 6.45) is 8.00. The van der Waals surface area contributed by atoms with E-state index in [0.717, 1.165) is 18.8 Å². The van der Waals surface area contributed by atoms with Crippen LogP contribution >= 0.6 is 0 Å². The molecule has 0 saturated heterocycles. The first-order chi connectivity index (χ1) is 4.83. The van der Waals surface area contributed by atoms with Crippen molar-refractivity contribution in [2.75, 3.05) is 0 Å². The minimum Gasteiger partial charge on any atom is -0.393 e. The Morgan fingerprint density at radius 3 is 2.40 bits per heavy atom. The van der Waals surface area contributed by atoms with Crippen LogP contribution in [0.3, 0.4) is 0 Å². The van der Waals surface area contributed by atoms with Crippen LogP contribution in [0.15, 0.2) is 0 Å². The van der Waals surface area contributed by atoms with Crippen molar-refractivity contribution in [2.24, 2.45) is 5.92 Å². The average molecular weight is 141 g/mol. The molecule has 0 aromatic rings. The van der Waals surface area contributed by atoms with E-state index in [9.17, 15) is 5.11 Å². The lowest BCUT2D eigenvalue weighted by Gasteiger charge is -2.24. The van der Waals surface area contributed by atoms with E-state index in [1.165, 1.54) is 19.3 Å². The van der Waals surface area contributed by atoms with Crippen molar-refractivity contribution in [3.05, 3.63) is 6.42 Å². The van der Waals surface area contributed by atoms with E-state index in [1.807, 2.05) is 0 Å². The molecule has 0 spiro atoms.